The molecule has 0 spiro atoms. The van der Waals surface area contributed by atoms with E-state index >= 15 is 0 Å². The molecule has 0 saturated carbocycles. The van der Waals surface area contributed by atoms with Gasteiger partial charge in [0.25, 0.3) is 11.8 Å². The molecule has 172 valence electrons. The highest BCUT2D eigenvalue weighted by molar-refractivity contribution is 6.01. The van der Waals surface area contributed by atoms with E-state index in [0.717, 1.165) is 5.56 Å². The second-order valence-corrected chi connectivity index (χ2v) is 8.85. The molecule has 0 fully saturated rings. The van der Waals surface area contributed by atoms with Crippen LogP contribution < -0.4 is 15.6 Å². The summed E-state index contributed by atoms with van der Waals surface area (Å²) in [6.07, 6.45) is 1.34. The lowest BCUT2D eigenvalue weighted by Crippen LogP contribution is -2.38. The number of aromatic amines is 1. The SMILES string of the molecule is COc1ccc(C(C(=O)Nc2ccc(C(C)(C)C)cc2)N(C)C(=O)c2ccc(=O)[nH]c2)cc1. The Morgan fingerprint density at radius 2 is 1.61 bits per heavy atom. The van der Waals surface area contributed by atoms with Crippen molar-refractivity contribution in [1.29, 1.82) is 0 Å². The van der Waals surface area contributed by atoms with E-state index in [2.05, 4.69) is 31.1 Å². The predicted octanol–water partition coefficient (Wildman–Crippen LogP) is 4.13. The van der Waals surface area contributed by atoms with Gasteiger partial charge in [-0.15, -0.1) is 0 Å². The van der Waals surface area contributed by atoms with Crippen LogP contribution in [0.5, 0.6) is 5.75 Å². The van der Waals surface area contributed by atoms with E-state index in [1.165, 1.54) is 23.2 Å². The molecule has 7 nitrogen and oxygen atoms in total. The minimum absolute atomic E-state index is 0.00252. The van der Waals surface area contributed by atoms with Crippen LogP contribution in [0.3, 0.4) is 0 Å². The second-order valence-electron chi connectivity index (χ2n) is 8.85. The van der Waals surface area contributed by atoms with Crippen LogP contribution in [0.2, 0.25) is 0 Å². The number of carbonyl (C=O) groups is 2. The number of H-pyrrole nitrogens is 1. The molecule has 0 aliphatic heterocycles. The number of rotatable bonds is 6. The van der Waals surface area contributed by atoms with Gasteiger partial charge in [0.2, 0.25) is 5.56 Å². The van der Waals surface area contributed by atoms with Crippen molar-refractivity contribution in [2.45, 2.75) is 32.2 Å². The topological polar surface area (TPSA) is 91.5 Å². The number of hydrogen-bond acceptors (Lipinski definition) is 4. The van der Waals surface area contributed by atoms with Crippen molar-refractivity contribution in [1.82, 2.24) is 9.88 Å². The van der Waals surface area contributed by atoms with E-state index in [0.29, 0.717) is 17.0 Å². The first-order valence-electron chi connectivity index (χ1n) is 10.6. The summed E-state index contributed by atoms with van der Waals surface area (Å²) >= 11 is 0. The Morgan fingerprint density at radius 1 is 0.970 bits per heavy atom. The Balaban J connectivity index is 1.91. The number of benzene rings is 2. The third-order valence-corrected chi connectivity index (χ3v) is 5.44. The van der Waals surface area contributed by atoms with E-state index in [1.807, 2.05) is 24.3 Å². The summed E-state index contributed by atoms with van der Waals surface area (Å²) in [5, 5.41) is 2.92. The number of carbonyl (C=O) groups excluding carboxylic acids is 2. The molecule has 2 N–H and O–H groups in total. The normalized spacial score (nSPS) is 12.0. The fourth-order valence-electron chi connectivity index (χ4n) is 3.47. The van der Waals surface area contributed by atoms with Gasteiger partial charge < -0.3 is 19.9 Å². The van der Waals surface area contributed by atoms with E-state index in [1.54, 1.807) is 38.4 Å². The number of nitrogens with one attached hydrogen (secondary N) is 2. The third kappa shape index (κ3) is 5.68. The number of nitrogens with zero attached hydrogens (tertiary/aromatic N) is 1. The molecule has 3 aromatic rings. The van der Waals surface area contributed by atoms with E-state index < -0.39 is 11.9 Å². The van der Waals surface area contributed by atoms with E-state index in [-0.39, 0.29) is 22.4 Å². The fourth-order valence-corrected chi connectivity index (χ4v) is 3.47. The highest BCUT2D eigenvalue weighted by Crippen LogP contribution is 2.27. The van der Waals surface area contributed by atoms with Crippen molar-refractivity contribution >= 4 is 17.5 Å². The molecule has 2 aromatic carbocycles. The van der Waals surface area contributed by atoms with Crippen molar-refractivity contribution in [3.8, 4) is 5.75 Å². The van der Waals surface area contributed by atoms with Gasteiger partial charge in [-0.2, -0.15) is 0 Å². The Labute approximate surface area is 193 Å². The van der Waals surface area contributed by atoms with Crippen LogP contribution >= 0.6 is 0 Å². The van der Waals surface area contributed by atoms with Crippen LogP contribution in [0.15, 0.2) is 71.7 Å². The van der Waals surface area contributed by atoms with Crippen LogP contribution in [0.25, 0.3) is 0 Å². The number of likely N-dealkylation sites (N-methyl/N-ethyl adjacent to an activating group) is 1. The molecule has 0 bridgehead atoms. The van der Waals surface area contributed by atoms with Gasteiger partial charge in [0, 0.05) is 25.0 Å². The van der Waals surface area contributed by atoms with Gasteiger partial charge >= 0.3 is 0 Å². The molecule has 0 saturated heterocycles. The highest BCUT2D eigenvalue weighted by Gasteiger charge is 2.29. The summed E-state index contributed by atoms with van der Waals surface area (Å²) in [5.41, 5.74) is 2.38. The van der Waals surface area contributed by atoms with Gasteiger partial charge in [-0.25, -0.2) is 0 Å². The Kier molecular flexibility index (Phi) is 7.01. The van der Waals surface area contributed by atoms with Gasteiger partial charge in [0.05, 0.1) is 12.7 Å². The summed E-state index contributed by atoms with van der Waals surface area (Å²) in [4.78, 5) is 41.7. The maximum atomic E-state index is 13.4. The monoisotopic (exact) mass is 447 g/mol. The van der Waals surface area contributed by atoms with Gasteiger partial charge in [-0.3, -0.25) is 14.4 Å². The fraction of sp³-hybridized carbons (Fsp3) is 0.269. The zero-order valence-electron chi connectivity index (χ0n) is 19.5. The van der Waals surface area contributed by atoms with Crippen LogP contribution in [0.4, 0.5) is 5.69 Å². The molecule has 0 aliphatic carbocycles. The lowest BCUT2D eigenvalue weighted by atomic mass is 9.87. The Morgan fingerprint density at radius 3 is 2.12 bits per heavy atom. The molecule has 3 rings (SSSR count). The van der Waals surface area contributed by atoms with E-state index in [9.17, 15) is 14.4 Å². The summed E-state index contributed by atoms with van der Waals surface area (Å²) in [7, 11) is 3.12. The first kappa shape index (κ1) is 23.8. The molecule has 7 heteroatoms. The first-order chi connectivity index (χ1) is 15.6. The average molecular weight is 448 g/mol. The number of ether oxygens (including phenoxy) is 1. The summed E-state index contributed by atoms with van der Waals surface area (Å²) in [6, 6.07) is 16.5. The van der Waals surface area contributed by atoms with Gasteiger partial charge in [-0.1, -0.05) is 45.0 Å². The molecule has 1 aromatic heterocycles. The number of amides is 2. The molecular formula is C26H29N3O4. The maximum Gasteiger partial charge on any atom is 0.256 e. The summed E-state index contributed by atoms with van der Waals surface area (Å²) in [6.45, 7) is 6.37. The van der Waals surface area contributed by atoms with Gasteiger partial charge in [0.15, 0.2) is 0 Å². The molecule has 1 heterocycles. The van der Waals surface area contributed by atoms with Crippen LogP contribution in [0, 0.1) is 0 Å². The van der Waals surface area contributed by atoms with E-state index in [4.69, 9.17) is 4.74 Å². The molecular weight excluding hydrogens is 418 g/mol. The Hall–Kier alpha value is -3.87. The molecule has 2 amide bonds. The zero-order valence-corrected chi connectivity index (χ0v) is 19.5. The van der Waals surface area contributed by atoms with Crippen molar-refractivity contribution in [2.24, 2.45) is 0 Å². The number of methoxy groups -OCH3 is 1. The van der Waals surface area contributed by atoms with Crippen molar-refractivity contribution in [2.75, 3.05) is 19.5 Å². The first-order valence-corrected chi connectivity index (χ1v) is 10.6. The summed E-state index contributed by atoms with van der Waals surface area (Å²) < 4.78 is 5.22. The molecule has 0 radical (unpaired) electrons. The lowest BCUT2D eigenvalue weighted by Gasteiger charge is -2.28. The molecule has 1 unspecified atom stereocenters. The van der Waals surface area contributed by atoms with Crippen LogP contribution in [-0.2, 0) is 10.2 Å². The smallest absolute Gasteiger partial charge is 0.256 e. The average Bonchev–Trinajstić information content (AvgIpc) is 2.79. The largest absolute Gasteiger partial charge is 0.497 e. The number of pyridine rings is 1. The zero-order chi connectivity index (χ0) is 24.2. The van der Waals surface area contributed by atoms with Gasteiger partial charge in [-0.05, 0) is 46.9 Å². The quantitative estimate of drug-likeness (QED) is 0.594. The highest BCUT2D eigenvalue weighted by atomic mass is 16.5. The second kappa shape index (κ2) is 9.73. The summed E-state index contributed by atoms with van der Waals surface area (Å²) in [5.74, 6) is -0.112. The van der Waals surface area contributed by atoms with Crippen molar-refractivity contribution < 1.29 is 14.3 Å². The van der Waals surface area contributed by atoms with Gasteiger partial charge in [0.1, 0.15) is 11.8 Å². The Bertz CT molecular complexity index is 1160. The van der Waals surface area contributed by atoms with Crippen LogP contribution in [-0.4, -0.2) is 35.9 Å². The molecule has 0 aliphatic rings. The van der Waals surface area contributed by atoms with Crippen LogP contribution in [0.1, 0.15) is 48.3 Å². The molecule has 33 heavy (non-hydrogen) atoms. The predicted molar refractivity (Wildman–Crippen MR) is 129 cm³/mol. The minimum Gasteiger partial charge on any atom is -0.497 e. The standard InChI is InChI=1S/C26H29N3O4/c1-26(2,3)19-9-11-20(12-10-19)28-24(31)23(17-6-13-21(33-5)14-7-17)29(4)25(32)18-8-15-22(30)27-16-18/h6-16,23H,1-5H3,(H,27,30)(H,28,31). The van der Waals surface area contributed by atoms with Crippen molar-refractivity contribution in [3.05, 3.63) is 93.9 Å². The van der Waals surface area contributed by atoms with Crippen molar-refractivity contribution in [3.63, 3.8) is 0 Å². The number of hydrogen-bond donors (Lipinski definition) is 2. The minimum atomic E-state index is -0.905. The number of anilines is 1. The maximum absolute atomic E-state index is 13.4. The third-order valence-electron chi connectivity index (χ3n) is 5.44. The lowest BCUT2D eigenvalue weighted by molar-refractivity contribution is -0.120. The number of aromatic nitrogens is 1. The molecule has 1 atom stereocenters.